The summed E-state index contributed by atoms with van der Waals surface area (Å²) in [6.45, 7) is 3.61. The number of unbranched alkanes of at least 4 members (excludes halogenated alkanes) is 4. The van der Waals surface area contributed by atoms with Crippen molar-refractivity contribution in [3.8, 4) is 0 Å². The lowest BCUT2D eigenvalue weighted by molar-refractivity contribution is 0.114. The molecule has 0 aliphatic rings. The maximum absolute atomic E-state index is 5.65. The van der Waals surface area contributed by atoms with Crippen LogP contribution in [0.1, 0.15) is 44.7 Å². The van der Waals surface area contributed by atoms with Crippen molar-refractivity contribution in [2.45, 2.75) is 45.6 Å². The van der Waals surface area contributed by atoms with Crippen LogP contribution in [0.4, 0.5) is 5.69 Å². The van der Waals surface area contributed by atoms with Crippen LogP contribution in [0.25, 0.3) is 0 Å². The molecular formula is C13H22N2O. The van der Waals surface area contributed by atoms with E-state index in [1.807, 2.05) is 6.07 Å². The van der Waals surface area contributed by atoms with E-state index in [1.54, 1.807) is 12.3 Å². The fourth-order valence-electron chi connectivity index (χ4n) is 1.56. The summed E-state index contributed by atoms with van der Waals surface area (Å²) in [4.78, 5) is 4.18. The lowest BCUT2D eigenvalue weighted by Crippen LogP contribution is -1.98. The number of ether oxygens (including phenoxy) is 1. The molecule has 0 aliphatic heterocycles. The molecule has 3 nitrogen and oxygen atoms in total. The van der Waals surface area contributed by atoms with E-state index >= 15 is 0 Å². The summed E-state index contributed by atoms with van der Waals surface area (Å²) in [7, 11) is 0. The van der Waals surface area contributed by atoms with E-state index in [0.29, 0.717) is 6.61 Å². The van der Waals surface area contributed by atoms with Crippen LogP contribution in [0, 0.1) is 0 Å². The molecule has 3 heteroatoms. The van der Waals surface area contributed by atoms with Gasteiger partial charge in [-0.3, -0.25) is 4.98 Å². The van der Waals surface area contributed by atoms with E-state index in [4.69, 9.17) is 10.5 Å². The van der Waals surface area contributed by atoms with Crippen LogP contribution in [0.15, 0.2) is 18.3 Å². The first-order valence-electron chi connectivity index (χ1n) is 6.11. The first-order valence-corrected chi connectivity index (χ1v) is 6.11. The van der Waals surface area contributed by atoms with Gasteiger partial charge in [-0.2, -0.15) is 0 Å². The van der Waals surface area contributed by atoms with Crippen molar-refractivity contribution < 1.29 is 4.74 Å². The van der Waals surface area contributed by atoms with Gasteiger partial charge in [-0.1, -0.05) is 32.6 Å². The van der Waals surface area contributed by atoms with Gasteiger partial charge >= 0.3 is 0 Å². The highest BCUT2D eigenvalue weighted by Gasteiger charge is 1.95. The summed E-state index contributed by atoms with van der Waals surface area (Å²) >= 11 is 0. The SMILES string of the molecule is CCCCCCCOCc1cc(N)ccn1. The highest BCUT2D eigenvalue weighted by molar-refractivity contribution is 5.36. The molecule has 0 saturated heterocycles. The lowest BCUT2D eigenvalue weighted by atomic mass is 10.2. The molecule has 1 aromatic heterocycles. The molecule has 1 aromatic rings. The summed E-state index contributed by atoms with van der Waals surface area (Å²) < 4.78 is 5.54. The smallest absolute Gasteiger partial charge is 0.0888 e. The van der Waals surface area contributed by atoms with Crippen molar-refractivity contribution in [1.29, 1.82) is 0 Å². The zero-order valence-electron chi connectivity index (χ0n) is 10.1. The summed E-state index contributed by atoms with van der Waals surface area (Å²) in [6.07, 6.45) is 8.05. The monoisotopic (exact) mass is 222 g/mol. The van der Waals surface area contributed by atoms with Crippen LogP contribution >= 0.6 is 0 Å². The molecule has 2 N–H and O–H groups in total. The average molecular weight is 222 g/mol. The Morgan fingerprint density at radius 3 is 2.81 bits per heavy atom. The first-order chi connectivity index (χ1) is 7.83. The zero-order chi connectivity index (χ0) is 11.6. The maximum atomic E-state index is 5.65. The molecule has 16 heavy (non-hydrogen) atoms. The Morgan fingerprint density at radius 2 is 2.06 bits per heavy atom. The Balaban J connectivity index is 2.03. The van der Waals surface area contributed by atoms with Crippen LogP contribution in [0.5, 0.6) is 0 Å². The van der Waals surface area contributed by atoms with Crippen LogP contribution in [0.3, 0.4) is 0 Å². The second-order valence-corrected chi connectivity index (χ2v) is 4.05. The number of hydrogen-bond donors (Lipinski definition) is 1. The fourth-order valence-corrected chi connectivity index (χ4v) is 1.56. The summed E-state index contributed by atoms with van der Waals surface area (Å²) in [5.74, 6) is 0. The molecule has 0 atom stereocenters. The summed E-state index contributed by atoms with van der Waals surface area (Å²) in [5, 5.41) is 0. The minimum atomic E-state index is 0.568. The Kier molecular flexibility index (Phi) is 6.58. The molecule has 0 aliphatic carbocycles. The van der Waals surface area contributed by atoms with E-state index in [2.05, 4.69) is 11.9 Å². The summed E-state index contributed by atoms with van der Waals surface area (Å²) in [5.41, 5.74) is 7.31. The topological polar surface area (TPSA) is 48.1 Å². The third-order valence-electron chi connectivity index (χ3n) is 2.48. The molecular weight excluding hydrogens is 200 g/mol. The van der Waals surface area contributed by atoms with Crippen LogP contribution in [-0.2, 0) is 11.3 Å². The molecule has 0 saturated carbocycles. The van der Waals surface area contributed by atoms with Crippen LogP contribution in [0.2, 0.25) is 0 Å². The number of pyridine rings is 1. The molecule has 0 spiro atoms. The Morgan fingerprint density at radius 1 is 1.25 bits per heavy atom. The van der Waals surface area contributed by atoms with Crippen LogP contribution < -0.4 is 5.73 Å². The van der Waals surface area contributed by atoms with E-state index in [1.165, 1.54) is 25.7 Å². The molecule has 1 heterocycles. The lowest BCUT2D eigenvalue weighted by Gasteiger charge is -2.04. The minimum absolute atomic E-state index is 0.568. The third-order valence-corrected chi connectivity index (χ3v) is 2.48. The van der Waals surface area contributed by atoms with Crippen LogP contribution in [-0.4, -0.2) is 11.6 Å². The van der Waals surface area contributed by atoms with Gasteiger partial charge in [0.05, 0.1) is 12.3 Å². The fraction of sp³-hybridized carbons (Fsp3) is 0.615. The molecule has 0 radical (unpaired) electrons. The largest absolute Gasteiger partial charge is 0.399 e. The van der Waals surface area contributed by atoms with Crippen molar-refractivity contribution in [3.05, 3.63) is 24.0 Å². The van der Waals surface area contributed by atoms with Gasteiger partial charge in [0, 0.05) is 18.5 Å². The van der Waals surface area contributed by atoms with Gasteiger partial charge in [-0.05, 0) is 18.6 Å². The maximum Gasteiger partial charge on any atom is 0.0888 e. The van der Waals surface area contributed by atoms with Crippen molar-refractivity contribution in [2.24, 2.45) is 0 Å². The molecule has 0 bridgehead atoms. The Hall–Kier alpha value is -1.09. The van der Waals surface area contributed by atoms with Gasteiger partial charge in [-0.25, -0.2) is 0 Å². The van der Waals surface area contributed by atoms with Gasteiger partial charge in [0.15, 0.2) is 0 Å². The standard InChI is InChI=1S/C13H22N2O/c1-2-3-4-5-6-9-16-11-13-10-12(14)7-8-15-13/h7-8,10H,2-6,9,11H2,1H3,(H2,14,15). The van der Waals surface area contributed by atoms with Gasteiger partial charge in [0.2, 0.25) is 0 Å². The van der Waals surface area contributed by atoms with Gasteiger partial charge < -0.3 is 10.5 Å². The number of hydrogen-bond acceptors (Lipinski definition) is 3. The predicted octanol–water partition coefficient (Wildman–Crippen LogP) is 3.15. The first kappa shape index (κ1) is 13.0. The molecule has 0 unspecified atom stereocenters. The van der Waals surface area contributed by atoms with Crippen molar-refractivity contribution in [1.82, 2.24) is 4.98 Å². The molecule has 0 amide bonds. The van der Waals surface area contributed by atoms with Crippen molar-refractivity contribution in [2.75, 3.05) is 12.3 Å². The highest BCUT2D eigenvalue weighted by Crippen LogP contribution is 2.06. The molecule has 90 valence electrons. The van der Waals surface area contributed by atoms with Gasteiger partial charge in [0.1, 0.15) is 0 Å². The summed E-state index contributed by atoms with van der Waals surface area (Å²) in [6, 6.07) is 3.64. The number of aromatic nitrogens is 1. The van der Waals surface area contributed by atoms with E-state index in [0.717, 1.165) is 24.4 Å². The number of rotatable bonds is 8. The van der Waals surface area contributed by atoms with E-state index < -0.39 is 0 Å². The molecule has 0 fully saturated rings. The number of nitrogens with two attached hydrogens (primary N) is 1. The number of nitrogens with zero attached hydrogens (tertiary/aromatic N) is 1. The highest BCUT2D eigenvalue weighted by atomic mass is 16.5. The second kappa shape index (κ2) is 8.11. The molecule has 1 rings (SSSR count). The van der Waals surface area contributed by atoms with E-state index in [-0.39, 0.29) is 0 Å². The van der Waals surface area contributed by atoms with Crippen molar-refractivity contribution in [3.63, 3.8) is 0 Å². The van der Waals surface area contributed by atoms with Gasteiger partial charge in [0.25, 0.3) is 0 Å². The third kappa shape index (κ3) is 5.71. The Labute approximate surface area is 98.0 Å². The predicted molar refractivity (Wildman–Crippen MR) is 67.1 cm³/mol. The van der Waals surface area contributed by atoms with Crippen molar-refractivity contribution >= 4 is 5.69 Å². The molecule has 0 aromatic carbocycles. The quantitative estimate of drug-likeness (QED) is 0.687. The Bertz CT molecular complexity index is 289. The van der Waals surface area contributed by atoms with E-state index in [9.17, 15) is 0 Å². The zero-order valence-corrected chi connectivity index (χ0v) is 10.1. The number of anilines is 1. The number of nitrogen functional groups attached to an aromatic ring is 1. The van der Waals surface area contributed by atoms with Gasteiger partial charge in [-0.15, -0.1) is 0 Å². The second-order valence-electron chi connectivity index (χ2n) is 4.05. The average Bonchev–Trinajstić information content (AvgIpc) is 2.28. The minimum Gasteiger partial charge on any atom is -0.399 e. The normalized spacial score (nSPS) is 10.6.